The Bertz CT molecular complexity index is 745. The van der Waals surface area contributed by atoms with Crippen molar-refractivity contribution in [1.82, 2.24) is 0 Å². The first-order valence-corrected chi connectivity index (χ1v) is 13.8. The molecule has 1 aliphatic heterocycles. The second-order valence-electron chi connectivity index (χ2n) is 14.7. The molecule has 0 aromatic heterocycles. The molecule has 4 aliphatic carbocycles. The highest BCUT2D eigenvalue weighted by molar-refractivity contribution is 5.16. The lowest BCUT2D eigenvalue weighted by molar-refractivity contribution is -0.235. The highest BCUT2D eigenvalue weighted by Gasteiger charge is 2.67. The monoisotopic (exact) mass is 446 g/mol. The van der Waals surface area contributed by atoms with Crippen molar-refractivity contribution in [2.24, 2.45) is 45.8 Å². The number of hydrogen-bond donors (Lipinski definition) is 2. The van der Waals surface area contributed by atoms with E-state index in [2.05, 4.69) is 48.5 Å². The summed E-state index contributed by atoms with van der Waals surface area (Å²) in [4.78, 5) is 0. The summed E-state index contributed by atoms with van der Waals surface area (Å²) in [5, 5.41) is 22.6. The number of ether oxygens (including phenoxy) is 1. The molecule has 3 heteroatoms. The summed E-state index contributed by atoms with van der Waals surface area (Å²) in [6.45, 7) is 16.6. The first kappa shape index (κ1) is 23.6. The normalized spacial score (nSPS) is 56.7. The van der Waals surface area contributed by atoms with Gasteiger partial charge in [0.05, 0.1) is 23.4 Å². The average Bonchev–Trinajstić information content (AvgIpc) is 3.14. The molecule has 0 aromatic carbocycles. The molecule has 1 heterocycles. The lowest BCUT2D eigenvalue weighted by Crippen LogP contribution is -2.64. The van der Waals surface area contributed by atoms with Crippen LogP contribution in [0.5, 0.6) is 0 Å². The van der Waals surface area contributed by atoms with Gasteiger partial charge in [0.1, 0.15) is 0 Å². The minimum atomic E-state index is -0.207. The third-order valence-corrected chi connectivity index (χ3v) is 12.3. The molecule has 3 nitrogen and oxygen atoms in total. The van der Waals surface area contributed by atoms with Crippen LogP contribution in [0.4, 0.5) is 0 Å². The van der Waals surface area contributed by atoms with E-state index in [-0.39, 0.29) is 34.2 Å². The smallest absolute Gasteiger partial charge is 0.0693 e. The van der Waals surface area contributed by atoms with E-state index in [1.54, 1.807) is 0 Å². The van der Waals surface area contributed by atoms with Crippen LogP contribution in [0, 0.1) is 45.8 Å². The van der Waals surface area contributed by atoms with Gasteiger partial charge in [-0.3, -0.25) is 0 Å². The average molecular weight is 447 g/mol. The molecule has 0 bridgehead atoms. The number of hydrogen-bond acceptors (Lipinski definition) is 3. The second-order valence-corrected chi connectivity index (χ2v) is 14.7. The van der Waals surface area contributed by atoms with E-state index in [0.29, 0.717) is 35.0 Å². The predicted octanol–water partition coefficient (Wildman–Crippen LogP) is 6.35. The minimum Gasteiger partial charge on any atom is -0.393 e. The lowest BCUT2D eigenvalue weighted by Gasteiger charge is -2.68. The fraction of sp³-hybridized carbons (Fsp3) is 1.00. The molecular weight excluding hydrogens is 396 g/mol. The molecular formula is C29H50O3. The summed E-state index contributed by atoms with van der Waals surface area (Å²) in [5.41, 5.74) is 0.375. The van der Waals surface area contributed by atoms with Gasteiger partial charge in [-0.05, 0) is 131 Å². The highest BCUT2D eigenvalue weighted by atomic mass is 16.5. The molecule has 1 saturated heterocycles. The zero-order valence-corrected chi connectivity index (χ0v) is 21.9. The first-order chi connectivity index (χ1) is 14.7. The predicted molar refractivity (Wildman–Crippen MR) is 129 cm³/mol. The molecule has 32 heavy (non-hydrogen) atoms. The Kier molecular flexibility index (Phi) is 5.31. The van der Waals surface area contributed by atoms with Gasteiger partial charge in [0.25, 0.3) is 0 Å². The Balaban J connectivity index is 1.46. The number of aliphatic hydroxyl groups is 2. The van der Waals surface area contributed by atoms with Crippen LogP contribution in [0.3, 0.4) is 0 Å². The van der Waals surface area contributed by atoms with Crippen molar-refractivity contribution in [2.45, 2.75) is 136 Å². The van der Waals surface area contributed by atoms with Crippen LogP contribution in [0.1, 0.15) is 113 Å². The molecule has 4 saturated carbocycles. The molecule has 184 valence electrons. The van der Waals surface area contributed by atoms with Gasteiger partial charge >= 0.3 is 0 Å². The summed E-state index contributed by atoms with van der Waals surface area (Å²) < 4.78 is 6.82. The van der Waals surface area contributed by atoms with Crippen LogP contribution >= 0.6 is 0 Å². The van der Waals surface area contributed by atoms with Crippen molar-refractivity contribution in [3.8, 4) is 0 Å². The fourth-order valence-electron chi connectivity index (χ4n) is 10.9. The number of aliphatic hydroxyl groups excluding tert-OH is 2. The largest absolute Gasteiger partial charge is 0.393 e. The van der Waals surface area contributed by atoms with E-state index in [4.69, 9.17) is 4.74 Å². The van der Waals surface area contributed by atoms with E-state index in [1.807, 2.05) is 0 Å². The fourth-order valence-corrected chi connectivity index (χ4v) is 10.9. The van der Waals surface area contributed by atoms with Gasteiger partial charge in [0.15, 0.2) is 0 Å². The third kappa shape index (κ3) is 3.15. The quantitative estimate of drug-likeness (QED) is 0.493. The zero-order chi connectivity index (χ0) is 23.3. The Labute approximate surface area is 197 Å². The Hall–Kier alpha value is -0.120. The maximum Gasteiger partial charge on any atom is 0.0693 e. The first-order valence-electron chi connectivity index (χ1n) is 13.8. The minimum absolute atomic E-state index is 0.0245. The van der Waals surface area contributed by atoms with E-state index in [9.17, 15) is 10.2 Å². The van der Waals surface area contributed by atoms with E-state index in [1.165, 1.54) is 32.1 Å². The van der Waals surface area contributed by atoms with Crippen molar-refractivity contribution in [3.05, 3.63) is 0 Å². The second kappa shape index (κ2) is 7.20. The molecule has 5 rings (SSSR count). The highest BCUT2D eigenvalue weighted by Crippen LogP contribution is 2.72. The van der Waals surface area contributed by atoms with Crippen LogP contribution in [-0.4, -0.2) is 33.6 Å². The summed E-state index contributed by atoms with van der Waals surface area (Å²) in [6.07, 6.45) is 11.1. The standard InChI is InChI=1S/C29H50O3/c1-25(2)13-8-14-29(7,32-25)19-10-9-18-24(19)20(30)17-22-27(18,5)15-11-21-26(3,4)23(31)12-16-28(21,22)6/h18-24,30-31H,8-17H2,1-7H3/t18?,19-,20+,21?,22-,23-,24-,27-,28-,29+/m0/s1. The van der Waals surface area contributed by atoms with Gasteiger partial charge in [-0.15, -0.1) is 0 Å². The zero-order valence-electron chi connectivity index (χ0n) is 21.9. The number of rotatable bonds is 1. The summed E-state index contributed by atoms with van der Waals surface area (Å²) >= 11 is 0. The maximum absolute atomic E-state index is 11.8. The van der Waals surface area contributed by atoms with Gasteiger partial charge in [0, 0.05) is 0 Å². The maximum atomic E-state index is 11.8. The topological polar surface area (TPSA) is 49.7 Å². The van der Waals surface area contributed by atoms with Gasteiger partial charge in [0.2, 0.25) is 0 Å². The molecule has 10 atom stereocenters. The Morgan fingerprint density at radius 1 is 0.688 bits per heavy atom. The van der Waals surface area contributed by atoms with E-state index >= 15 is 0 Å². The summed E-state index contributed by atoms with van der Waals surface area (Å²) in [6, 6.07) is 0. The van der Waals surface area contributed by atoms with Crippen LogP contribution < -0.4 is 0 Å². The third-order valence-electron chi connectivity index (χ3n) is 12.3. The Morgan fingerprint density at radius 2 is 1.34 bits per heavy atom. The van der Waals surface area contributed by atoms with Crippen LogP contribution in [0.15, 0.2) is 0 Å². The molecule has 0 spiro atoms. The van der Waals surface area contributed by atoms with Crippen LogP contribution in [-0.2, 0) is 4.74 Å². The van der Waals surface area contributed by atoms with Crippen molar-refractivity contribution in [2.75, 3.05) is 0 Å². The number of fused-ring (bicyclic) bond motifs is 5. The molecule has 5 fully saturated rings. The van der Waals surface area contributed by atoms with Crippen molar-refractivity contribution < 1.29 is 14.9 Å². The van der Waals surface area contributed by atoms with E-state index in [0.717, 1.165) is 32.1 Å². The lowest BCUT2D eigenvalue weighted by atomic mass is 9.38. The molecule has 2 N–H and O–H groups in total. The summed E-state index contributed by atoms with van der Waals surface area (Å²) in [7, 11) is 0. The van der Waals surface area contributed by atoms with Crippen LogP contribution in [0.25, 0.3) is 0 Å². The molecule has 0 amide bonds. The van der Waals surface area contributed by atoms with Crippen molar-refractivity contribution in [1.29, 1.82) is 0 Å². The SMILES string of the molecule is CC1(C)CCC[C@](C)([C@H]2CCC3[C@@H]2[C@H](O)C[C@H]2[C@@]3(C)CCC3C(C)(C)[C@@H](O)CC[C@@]32C)O1. The van der Waals surface area contributed by atoms with Crippen molar-refractivity contribution >= 4 is 0 Å². The van der Waals surface area contributed by atoms with Gasteiger partial charge in [-0.2, -0.15) is 0 Å². The molecule has 5 aliphatic rings. The molecule has 0 aromatic rings. The Morgan fingerprint density at radius 3 is 2.03 bits per heavy atom. The van der Waals surface area contributed by atoms with Crippen molar-refractivity contribution in [3.63, 3.8) is 0 Å². The van der Waals surface area contributed by atoms with E-state index < -0.39 is 0 Å². The molecule has 2 unspecified atom stereocenters. The van der Waals surface area contributed by atoms with Crippen LogP contribution in [0.2, 0.25) is 0 Å². The molecule has 0 radical (unpaired) electrons. The summed E-state index contributed by atoms with van der Waals surface area (Å²) in [5.74, 6) is 2.59. The van der Waals surface area contributed by atoms with Gasteiger partial charge in [-0.25, -0.2) is 0 Å². The van der Waals surface area contributed by atoms with Gasteiger partial charge in [-0.1, -0.05) is 27.7 Å². The van der Waals surface area contributed by atoms with Gasteiger partial charge < -0.3 is 14.9 Å².